The quantitative estimate of drug-likeness (QED) is 0.669. The van der Waals surface area contributed by atoms with Crippen molar-refractivity contribution in [2.75, 3.05) is 0 Å². The average molecular weight is 248 g/mol. The molecule has 0 saturated heterocycles. The van der Waals surface area contributed by atoms with Crippen molar-refractivity contribution >= 4 is 16.7 Å². The van der Waals surface area contributed by atoms with Gasteiger partial charge in [-0.05, 0) is 29.8 Å². The van der Waals surface area contributed by atoms with E-state index < -0.39 is 0 Å². The molecule has 0 atom stereocenters. The number of benzene rings is 1. The number of hydrogen-bond donors (Lipinski definition) is 0. The SMILES string of the molecule is O=C(Cc1ccncc1)c1cnc2ccccc2c1. The number of Topliss-reactive ketones (excluding diaryl/α,β-unsaturated/α-hetero) is 1. The number of hydrogen-bond acceptors (Lipinski definition) is 3. The van der Waals surface area contributed by atoms with Gasteiger partial charge in [0.05, 0.1) is 5.52 Å². The van der Waals surface area contributed by atoms with E-state index in [1.807, 2.05) is 42.5 Å². The summed E-state index contributed by atoms with van der Waals surface area (Å²) in [5.74, 6) is 0.0736. The van der Waals surface area contributed by atoms with Crippen LogP contribution in [-0.2, 0) is 6.42 Å². The van der Waals surface area contributed by atoms with Crippen molar-refractivity contribution in [1.82, 2.24) is 9.97 Å². The van der Waals surface area contributed by atoms with E-state index >= 15 is 0 Å². The third-order valence-electron chi connectivity index (χ3n) is 3.03. The summed E-state index contributed by atoms with van der Waals surface area (Å²) >= 11 is 0. The minimum Gasteiger partial charge on any atom is -0.294 e. The van der Waals surface area contributed by atoms with Gasteiger partial charge in [0.1, 0.15) is 0 Å². The molecule has 3 rings (SSSR count). The van der Waals surface area contributed by atoms with Crippen molar-refractivity contribution < 1.29 is 4.79 Å². The zero-order valence-electron chi connectivity index (χ0n) is 10.3. The van der Waals surface area contributed by atoms with Gasteiger partial charge >= 0.3 is 0 Å². The molecule has 0 amide bonds. The van der Waals surface area contributed by atoms with Crippen LogP contribution >= 0.6 is 0 Å². The van der Waals surface area contributed by atoms with Crippen molar-refractivity contribution in [3.05, 3.63) is 72.2 Å². The van der Waals surface area contributed by atoms with Crippen LogP contribution < -0.4 is 0 Å². The van der Waals surface area contributed by atoms with Crippen LogP contribution in [0, 0.1) is 0 Å². The fourth-order valence-corrected chi connectivity index (χ4v) is 2.01. The van der Waals surface area contributed by atoms with Crippen LogP contribution in [0.15, 0.2) is 61.1 Å². The number of carbonyl (C=O) groups excluding carboxylic acids is 1. The second-order valence-corrected chi connectivity index (χ2v) is 4.37. The molecule has 0 aliphatic heterocycles. The maximum absolute atomic E-state index is 12.2. The van der Waals surface area contributed by atoms with E-state index in [1.54, 1.807) is 18.6 Å². The maximum Gasteiger partial charge on any atom is 0.168 e. The third-order valence-corrected chi connectivity index (χ3v) is 3.03. The minimum atomic E-state index is 0.0736. The van der Waals surface area contributed by atoms with E-state index in [9.17, 15) is 4.79 Å². The highest BCUT2D eigenvalue weighted by Gasteiger charge is 2.08. The fraction of sp³-hybridized carbons (Fsp3) is 0.0625. The summed E-state index contributed by atoms with van der Waals surface area (Å²) in [7, 11) is 0. The first kappa shape index (κ1) is 11.5. The molecule has 0 unspecified atom stereocenters. The van der Waals surface area contributed by atoms with E-state index in [2.05, 4.69) is 9.97 Å². The number of rotatable bonds is 3. The number of nitrogens with zero attached hydrogens (tertiary/aromatic N) is 2. The predicted molar refractivity (Wildman–Crippen MR) is 74.0 cm³/mol. The zero-order valence-corrected chi connectivity index (χ0v) is 10.3. The van der Waals surface area contributed by atoms with Gasteiger partial charge in [0.15, 0.2) is 5.78 Å². The molecule has 0 bridgehead atoms. The van der Waals surface area contributed by atoms with Crippen LogP contribution in [0.4, 0.5) is 0 Å². The Morgan fingerprint density at radius 2 is 1.84 bits per heavy atom. The Balaban J connectivity index is 1.89. The Labute approximate surface area is 111 Å². The highest BCUT2D eigenvalue weighted by molar-refractivity contribution is 5.99. The first-order valence-electron chi connectivity index (χ1n) is 6.10. The molecule has 0 saturated carbocycles. The molecule has 92 valence electrons. The second-order valence-electron chi connectivity index (χ2n) is 4.37. The molecule has 1 aromatic carbocycles. The Hall–Kier alpha value is -2.55. The van der Waals surface area contributed by atoms with E-state index in [-0.39, 0.29) is 5.78 Å². The van der Waals surface area contributed by atoms with Crippen LogP contribution in [0.1, 0.15) is 15.9 Å². The highest BCUT2D eigenvalue weighted by atomic mass is 16.1. The molecule has 3 heteroatoms. The van der Waals surface area contributed by atoms with Crippen molar-refractivity contribution in [3.63, 3.8) is 0 Å². The topological polar surface area (TPSA) is 42.9 Å². The lowest BCUT2D eigenvalue weighted by Gasteiger charge is -2.03. The summed E-state index contributed by atoms with van der Waals surface area (Å²) in [5, 5.41) is 0.989. The first-order valence-corrected chi connectivity index (χ1v) is 6.10. The van der Waals surface area contributed by atoms with Gasteiger partial charge < -0.3 is 0 Å². The average Bonchev–Trinajstić information content (AvgIpc) is 2.48. The molecule has 19 heavy (non-hydrogen) atoms. The maximum atomic E-state index is 12.2. The van der Waals surface area contributed by atoms with Crippen molar-refractivity contribution in [2.24, 2.45) is 0 Å². The van der Waals surface area contributed by atoms with E-state index in [0.29, 0.717) is 12.0 Å². The van der Waals surface area contributed by atoms with Crippen LogP contribution in [-0.4, -0.2) is 15.8 Å². The van der Waals surface area contributed by atoms with Crippen LogP contribution in [0.25, 0.3) is 10.9 Å². The van der Waals surface area contributed by atoms with Gasteiger partial charge in [-0.2, -0.15) is 0 Å². The van der Waals surface area contributed by atoms with Gasteiger partial charge in [-0.15, -0.1) is 0 Å². The summed E-state index contributed by atoms with van der Waals surface area (Å²) in [5.41, 5.74) is 2.52. The van der Waals surface area contributed by atoms with Gasteiger partial charge in [0.25, 0.3) is 0 Å². The van der Waals surface area contributed by atoms with Gasteiger partial charge in [-0.25, -0.2) is 0 Å². The van der Waals surface area contributed by atoms with Crippen LogP contribution in [0.5, 0.6) is 0 Å². The van der Waals surface area contributed by atoms with Crippen LogP contribution in [0.3, 0.4) is 0 Å². The third kappa shape index (κ3) is 2.50. The number of carbonyl (C=O) groups is 1. The van der Waals surface area contributed by atoms with E-state index in [0.717, 1.165) is 16.5 Å². The van der Waals surface area contributed by atoms with Crippen molar-refractivity contribution in [2.45, 2.75) is 6.42 Å². The summed E-state index contributed by atoms with van der Waals surface area (Å²) < 4.78 is 0. The standard InChI is InChI=1S/C16H12N2O/c19-16(9-12-5-7-17-8-6-12)14-10-13-3-1-2-4-15(13)18-11-14/h1-8,10-11H,9H2. The molecule has 2 heterocycles. The molecular formula is C16H12N2O. The molecule has 0 N–H and O–H groups in total. The largest absolute Gasteiger partial charge is 0.294 e. The molecule has 0 aliphatic rings. The summed E-state index contributed by atoms with van der Waals surface area (Å²) in [6.45, 7) is 0. The number of para-hydroxylation sites is 1. The van der Waals surface area contributed by atoms with Gasteiger partial charge in [-0.3, -0.25) is 14.8 Å². The van der Waals surface area contributed by atoms with Gasteiger partial charge in [-0.1, -0.05) is 18.2 Å². The van der Waals surface area contributed by atoms with Crippen LogP contribution in [0.2, 0.25) is 0 Å². The minimum absolute atomic E-state index is 0.0736. The van der Waals surface area contributed by atoms with Crippen molar-refractivity contribution in [3.8, 4) is 0 Å². The number of ketones is 1. The van der Waals surface area contributed by atoms with E-state index in [1.165, 1.54) is 0 Å². The number of aromatic nitrogens is 2. The summed E-state index contributed by atoms with van der Waals surface area (Å²) in [6.07, 6.45) is 5.41. The monoisotopic (exact) mass is 248 g/mol. The number of fused-ring (bicyclic) bond motifs is 1. The lowest BCUT2D eigenvalue weighted by atomic mass is 10.0. The van der Waals surface area contributed by atoms with Gasteiger partial charge in [0, 0.05) is 36.0 Å². The lowest BCUT2D eigenvalue weighted by Crippen LogP contribution is -2.04. The molecule has 2 aromatic heterocycles. The molecular weight excluding hydrogens is 236 g/mol. The number of pyridine rings is 2. The first-order chi connectivity index (χ1) is 9.33. The Bertz CT molecular complexity index is 723. The molecule has 3 nitrogen and oxygen atoms in total. The summed E-state index contributed by atoms with van der Waals surface area (Å²) in [4.78, 5) is 20.5. The molecule has 0 radical (unpaired) electrons. The molecule has 3 aromatic rings. The lowest BCUT2D eigenvalue weighted by molar-refractivity contribution is 0.0993. The molecule has 0 fully saturated rings. The predicted octanol–water partition coefficient (Wildman–Crippen LogP) is 3.06. The zero-order chi connectivity index (χ0) is 13.1. The fourth-order valence-electron chi connectivity index (χ4n) is 2.01. The van der Waals surface area contributed by atoms with Gasteiger partial charge in [0.2, 0.25) is 0 Å². The smallest absolute Gasteiger partial charge is 0.168 e. The molecule has 0 aliphatic carbocycles. The highest BCUT2D eigenvalue weighted by Crippen LogP contribution is 2.14. The second kappa shape index (κ2) is 4.98. The van der Waals surface area contributed by atoms with E-state index in [4.69, 9.17) is 0 Å². The van der Waals surface area contributed by atoms with Crippen molar-refractivity contribution in [1.29, 1.82) is 0 Å². The Morgan fingerprint density at radius 1 is 1.05 bits per heavy atom. The normalized spacial score (nSPS) is 10.5. The Morgan fingerprint density at radius 3 is 2.68 bits per heavy atom. The molecule has 0 spiro atoms. The summed E-state index contributed by atoms with van der Waals surface area (Å²) in [6, 6.07) is 13.4. The Kier molecular flexibility index (Phi) is 3.02.